The summed E-state index contributed by atoms with van der Waals surface area (Å²) in [6.45, 7) is 2.49. The fourth-order valence-corrected chi connectivity index (χ4v) is 1.28. The molecule has 0 heterocycles. The van der Waals surface area contributed by atoms with Crippen LogP contribution in [0.15, 0.2) is 12.1 Å². The molecule has 0 aliphatic carbocycles. The largest absolute Gasteiger partial charge is 0.278 e. The second-order valence-corrected chi connectivity index (χ2v) is 2.92. The van der Waals surface area contributed by atoms with Crippen LogP contribution < -0.4 is 0 Å². The summed E-state index contributed by atoms with van der Waals surface area (Å²) in [7, 11) is 0. The maximum Gasteiger partial charge on any atom is 0.278 e. The Kier molecular flexibility index (Phi) is 2.60. The fourth-order valence-electron chi connectivity index (χ4n) is 1.28. The summed E-state index contributed by atoms with van der Waals surface area (Å²) >= 11 is 0. The van der Waals surface area contributed by atoms with E-state index in [9.17, 15) is 14.5 Å². The maximum absolute atomic E-state index is 12.5. The first-order valence-corrected chi connectivity index (χ1v) is 3.87. The van der Waals surface area contributed by atoms with Crippen LogP contribution in [0.5, 0.6) is 0 Å². The number of nitrogens with zero attached hydrogens (tertiary/aromatic N) is 1. The lowest BCUT2D eigenvalue weighted by atomic mass is 10.0. The second kappa shape index (κ2) is 3.51. The van der Waals surface area contributed by atoms with Crippen LogP contribution >= 0.6 is 0 Å². The van der Waals surface area contributed by atoms with Crippen LogP contribution in [0.4, 0.5) is 10.1 Å². The van der Waals surface area contributed by atoms with Crippen LogP contribution in [0.3, 0.4) is 0 Å². The molecular formula is C9H10FNO2. The van der Waals surface area contributed by atoms with Crippen molar-refractivity contribution in [1.29, 1.82) is 0 Å². The van der Waals surface area contributed by atoms with Crippen molar-refractivity contribution in [2.75, 3.05) is 0 Å². The van der Waals surface area contributed by atoms with Crippen molar-refractivity contribution in [3.63, 3.8) is 0 Å². The molecular weight excluding hydrogens is 173 g/mol. The maximum atomic E-state index is 12.5. The van der Waals surface area contributed by atoms with E-state index in [0.29, 0.717) is 11.1 Å². The number of hydrogen-bond acceptors (Lipinski definition) is 2. The van der Waals surface area contributed by atoms with Gasteiger partial charge in [-0.2, -0.15) is 0 Å². The lowest BCUT2D eigenvalue weighted by molar-refractivity contribution is -0.386. The number of nitro benzene ring substituents is 1. The zero-order valence-electron chi connectivity index (χ0n) is 7.50. The highest BCUT2D eigenvalue weighted by Crippen LogP contribution is 2.26. The molecule has 3 nitrogen and oxygen atoms in total. The van der Waals surface area contributed by atoms with Crippen molar-refractivity contribution >= 4 is 5.69 Å². The van der Waals surface area contributed by atoms with Gasteiger partial charge in [-0.05, 0) is 19.4 Å². The molecule has 1 rings (SSSR count). The quantitative estimate of drug-likeness (QED) is 0.522. The van der Waals surface area contributed by atoms with Crippen molar-refractivity contribution in [2.24, 2.45) is 0 Å². The molecule has 0 amide bonds. The Labute approximate surface area is 75.3 Å². The van der Waals surface area contributed by atoms with E-state index in [2.05, 4.69) is 0 Å². The molecule has 0 aliphatic rings. The minimum absolute atomic E-state index is 0.0949. The Balaban J connectivity index is 3.43. The molecule has 70 valence electrons. The summed E-state index contributed by atoms with van der Waals surface area (Å²) in [5.74, 6) is 0. The topological polar surface area (TPSA) is 43.1 Å². The van der Waals surface area contributed by atoms with Crippen molar-refractivity contribution in [1.82, 2.24) is 0 Å². The standard InChI is InChI=1S/C9H10FNO2/c1-6-3-4-7(2)9(11(12)13)8(6)5-10/h3-4H,5H2,1-2H3. The predicted octanol–water partition coefficient (Wildman–Crippen LogP) is 2.68. The van der Waals surface area contributed by atoms with Gasteiger partial charge in [0.05, 0.1) is 10.5 Å². The molecule has 0 fully saturated rings. The van der Waals surface area contributed by atoms with Crippen molar-refractivity contribution in [3.8, 4) is 0 Å². The number of halogens is 1. The monoisotopic (exact) mass is 183 g/mol. The number of hydrogen-bond donors (Lipinski definition) is 0. The molecule has 0 spiro atoms. The van der Waals surface area contributed by atoms with E-state index in [1.165, 1.54) is 0 Å². The summed E-state index contributed by atoms with van der Waals surface area (Å²) in [5, 5.41) is 10.6. The zero-order valence-corrected chi connectivity index (χ0v) is 7.50. The van der Waals surface area contributed by atoms with Gasteiger partial charge in [0.1, 0.15) is 6.67 Å². The van der Waals surface area contributed by atoms with Crippen LogP contribution in [0.1, 0.15) is 16.7 Å². The predicted molar refractivity (Wildman–Crippen MR) is 47.4 cm³/mol. The lowest BCUT2D eigenvalue weighted by Gasteiger charge is -2.04. The minimum Gasteiger partial charge on any atom is -0.258 e. The van der Waals surface area contributed by atoms with Crippen LogP contribution in [0, 0.1) is 24.0 Å². The second-order valence-electron chi connectivity index (χ2n) is 2.92. The Bertz CT molecular complexity index is 350. The summed E-state index contributed by atoms with van der Waals surface area (Å²) in [5.41, 5.74) is 1.22. The molecule has 13 heavy (non-hydrogen) atoms. The van der Waals surface area contributed by atoms with Gasteiger partial charge in [0.25, 0.3) is 5.69 Å². The molecule has 0 unspecified atom stereocenters. The van der Waals surface area contributed by atoms with Crippen LogP contribution in [-0.4, -0.2) is 4.92 Å². The molecule has 0 atom stereocenters. The summed E-state index contributed by atoms with van der Waals surface area (Å²) < 4.78 is 12.5. The van der Waals surface area contributed by atoms with Gasteiger partial charge in [-0.3, -0.25) is 10.1 Å². The Hall–Kier alpha value is -1.45. The van der Waals surface area contributed by atoms with Crippen molar-refractivity contribution in [3.05, 3.63) is 38.9 Å². The highest BCUT2D eigenvalue weighted by molar-refractivity contribution is 5.50. The van der Waals surface area contributed by atoms with Crippen LogP contribution in [0.2, 0.25) is 0 Å². The van der Waals surface area contributed by atoms with E-state index in [1.807, 2.05) is 0 Å². The zero-order chi connectivity index (χ0) is 10.0. The minimum atomic E-state index is -0.788. The highest BCUT2D eigenvalue weighted by atomic mass is 19.1. The first kappa shape index (κ1) is 9.64. The molecule has 4 heteroatoms. The Morgan fingerprint density at radius 3 is 2.31 bits per heavy atom. The van der Waals surface area contributed by atoms with E-state index >= 15 is 0 Å². The van der Waals surface area contributed by atoms with E-state index in [0.717, 1.165) is 0 Å². The van der Waals surface area contributed by atoms with Gasteiger partial charge in [-0.25, -0.2) is 4.39 Å². The average Bonchev–Trinajstić information content (AvgIpc) is 2.07. The number of aryl methyl sites for hydroxylation is 2. The van der Waals surface area contributed by atoms with Gasteiger partial charge >= 0.3 is 0 Å². The molecule has 0 N–H and O–H groups in total. The molecule has 1 aromatic rings. The highest BCUT2D eigenvalue weighted by Gasteiger charge is 2.18. The molecule has 0 bridgehead atoms. The molecule has 0 aliphatic heterocycles. The van der Waals surface area contributed by atoms with Crippen LogP contribution in [-0.2, 0) is 6.67 Å². The van der Waals surface area contributed by atoms with Gasteiger partial charge in [0.15, 0.2) is 0 Å². The Morgan fingerprint density at radius 2 is 1.92 bits per heavy atom. The van der Waals surface area contributed by atoms with Gasteiger partial charge in [-0.15, -0.1) is 0 Å². The van der Waals surface area contributed by atoms with Gasteiger partial charge in [0, 0.05) is 5.56 Å². The number of nitro groups is 1. The van der Waals surface area contributed by atoms with E-state index in [-0.39, 0.29) is 11.3 Å². The Morgan fingerprint density at radius 1 is 1.38 bits per heavy atom. The van der Waals surface area contributed by atoms with Gasteiger partial charge in [0.2, 0.25) is 0 Å². The molecule has 0 radical (unpaired) electrons. The summed E-state index contributed by atoms with van der Waals surface area (Å²) in [6, 6.07) is 3.32. The van der Waals surface area contributed by atoms with Gasteiger partial charge in [-0.1, -0.05) is 12.1 Å². The number of rotatable bonds is 2. The third kappa shape index (κ3) is 1.66. The summed E-state index contributed by atoms with van der Waals surface area (Å²) in [6.07, 6.45) is 0. The van der Waals surface area contributed by atoms with Gasteiger partial charge < -0.3 is 0 Å². The first-order chi connectivity index (χ1) is 6.07. The van der Waals surface area contributed by atoms with Crippen molar-refractivity contribution < 1.29 is 9.31 Å². The van der Waals surface area contributed by atoms with E-state index in [4.69, 9.17) is 0 Å². The smallest absolute Gasteiger partial charge is 0.258 e. The fraction of sp³-hybridized carbons (Fsp3) is 0.333. The third-order valence-corrected chi connectivity index (χ3v) is 2.03. The molecule has 0 saturated carbocycles. The number of benzene rings is 1. The summed E-state index contributed by atoms with van der Waals surface area (Å²) in [4.78, 5) is 10.1. The first-order valence-electron chi connectivity index (χ1n) is 3.87. The third-order valence-electron chi connectivity index (χ3n) is 2.03. The average molecular weight is 183 g/mol. The molecule has 0 aromatic heterocycles. The normalized spacial score (nSPS) is 10.1. The van der Waals surface area contributed by atoms with Crippen LogP contribution in [0.25, 0.3) is 0 Å². The lowest BCUT2D eigenvalue weighted by Crippen LogP contribution is -1.99. The SMILES string of the molecule is Cc1ccc(C)c([N+](=O)[O-])c1CF. The van der Waals surface area contributed by atoms with E-state index in [1.54, 1.807) is 26.0 Å². The molecule has 1 aromatic carbocycles. The number of alkyl halides is 1. The van der Waals surface area contributed by atoms with Crippen molar-refractivity contribution in [2.45, 2.75) is 20.5 Å². The van der Waals surface area contributed by atoms with E-state index < -0.39 is 11.6 Å². The molecule has 0 saturated heterocycles.